The van der Waals surface area contributed by atoms with Crippen molar-refractivity contribution in [2.24, 2.45) is 12.5 Å². The Morgan fingerprint density at radius 2 is 1.86 bits per heavy atom. The van der Waals surface area contributed by atoms with Crippen LogP contribution < -0.4 is 5.32 Å². The van der Waals surface area contributed by atoms with Gasteiger partial charge >= 0.3 is 5.97 Å². The Balaban J connectivity index is 1.51. The number of Topliss-reactive ketones (excluding diaryl/α,β-unsaturated/α-hetero) is 1. The molecule has 3 unspecified atom stereocenters. The van der Waals surface area contributed by atoms with Gasteiger partial charge in [0.2, 0.25) is 0 Å². The summed E-state index contributed by atoms with van der Waals surface area (Å²) in [6.07, 6.45) is 3.81. The zero-order valence-corrected chi connectivity index (χ0v) is 16.4. The van der Waals surface area contributed by atoms with Crippen molar-refractivity contribution >= 4 is 22.7 Å². The highest BCUT2D eigenvalue weighted by molar-refractivity contribution is 6.15. The third kappa shape index (κ3) is 2.58. The molecule has 1 aromatic heterocycles. The van der Waals surface area contributed by atoms with Crippen LogP contribution in [-0.4, -0.2) is 22.4 Å². The van der Waals surface area contributed by atoms with E-state index in [0.29, 0.717) is 5.56 Å². The zero-order chi connectivity index (χ0) is 20.2. The molecule has 5 rings (SSSR count). The largest absolute Gasteiger partial charge is 0.460 e. The van der Waals surface area contributed by atoms with Gasteiger partial charge in [-0.05, 0) is 18.6 Å². The summed E-state index contributed by atoms with van der Waals surface area (Å²) in [7, 11) is 1.98. The number of esters is 1. The molecule has 2 bridgehead atoms. The number of hydrogen-bond acceptors (Lipinski definition) is 4. The van der Waals surface area contributed by atoms with Crippen molar-refractivity contribution in [3.05, 3.63) is 83.6 Å². The second-order valence-electron chi connectivity index (χ2n) is 7.98. The Morgan fingerprint density at radius 3 is 2.66 bits per heavy atom. The van der Waals surface area contributed by atoms with Crippen molar-refractivity contribution in [1.82, 2.24) is 9.88 Å². The average molecular weight is 386 g/mol. The number of aryl methyl sites for hydroxylation is 1. The summed E-state index contributed by atoms with van der Waals surface area (Å²) >= 11 is 0. The van der Waals surface area contributed by atoms with Gasteiger partial charge in [0.1, 0.15) is 12.0 Å². The molecule has 29 heavy (non-hydrogen) atoms. The molecule has 2 aliphatic heterocycles. The van der Waals surface area contributed by atoms with Gasteiger partial charge in [-0.15, -0.1) is 0 Å². The molecule has 3 aromatic rings. The molecule has 0 radical (unpaired) electrons. The van der Waals surface area contributed by atoms with E-state index in [1.54, 1.807) is 6.92 Å². The van der Waals surface area contributed by atoms with E-state index in [1.165, 1.54) is 0 Å². The zero-order valence-electron chi connectivity index (χ0n) is 16.4. The molecule has 2 aromatic carbocycles. The van der Waals surface area contributed by atoms with Gasteiger partial charge in [0, 0.05) is 18.0 Å². The summed E-state index contributed by atoms with van der Waals surface area (Å²) < 4.78 is 7.67. The second kappa shape index (κ2) is 6.42. The molecule has 2 aliphatic rings. The van der Waals surface area contributed by atoms with Gasteiger partial charge in [-0.25, -0.2) is 0 Å². The highest BCUT2D eigenvalue weighted by atomic mass is 16.5. The van der Waals surface area contributed by atoms with Gasteiger partial charge in [-0.1, -0.05) is 60.7 Å². The van der Waals surface area contributed by atoms with Crippen LogP contribution in [0.4, 0.5) is 0 Å². The summed E-state index contributed by atoms with van der Waals surface area (Å²) in [6, 6.07) is 16.7. The topological polar surface area (TPSA) is 60.3 Å². The maximum absolute atomic E-state index is 13.5. The Morgan fingerprint density at radius 1 is 1.14 bits per heavy atom. The summed E-state index contributed by atoms with van der Waals surface area (Å²) in [4.78, 5) is 26.6. The molecule has 3 atom stereocenters. The quantitative estimate of drug-likeness (QED) is 0.551. The van der Waals surface area contributed by atoms with Gasteiger partial charge in [0.15, 0.2) is 5.78 Å². The lowest BCUT2D eigenvalue weighted by molar-refractivity contribution is -0.154. The molecule has 0 amide bonds. The first kappa shape index (κ1) is 17.9. The van der Waals surface area contributed by atoms with Crippen LogP contribution in [-0.2, 0) is 23.2 Å². The van der Waals surface area contributed by atoms with Crippen LogP contribution in [0.3, 0.4) is 0 Å². The van der Waals surface area contributed by atoms with Crippen molar-refractivity contribution in [2.75, 3.05) is 0 Å². The van der Waals surface area contributed by atoms with E-state index in [1.807, 2.05) is 73.8 Å². The Kier molecular flexibility index (Phi) is 3.96. The van der Waals surface area contributed by atoms with Crippen LogP contribution in [0.5, 0.6) is 0 Å². The number of hydrogen-bond donors (Lipinski definition) is 1. The predicted molar refractivity (Wildman–Crippen MR) is 110 cm³/mol. The summed E-state index contributed by atoms with van der Waals surface area (Å²) in [5, 5.41) is 4.30. The SMILES string of the molecule is Cn1c2c(c3ccccc31)C(=O)C1NC2C=CC1(C)C(=O)OCc1ccccc1. The van der Waals surface area contributed by atoms with E-state index in [9.17, 15) is 9.59 Å². The lowest BCUT2D eigenvalue weighted by Crippen LogP contribution is -2.58. The molecule has 3 heterocycles. The molecular weight excluding hydrogens is 364 g/mol. The molecule has 0 fully saturated rings. The predicted octanol–water partition coefficient (Wildman–Crippen LogP) is 3.69. The number of benzene rings is 2. The number of rotatable bonds is 3. The molecule has 5 nitrogen and oxygen atoms in total. The van der Waals surface area contributed by atoms with Crippen LogP contribution in [0.2, 0.25) is 0 Å². The third-order valence-corrected chi connectivity index (χ3v) is 6.19. The monoisotopic (exact) mass is 386 g/mol. The Bertz CT molecular complexity index is 1160. The van der Waals surface area contributed by atoms with Gasteiger partial charge in [-0.2, -0.15) is 0 Å². The third-order valence-electron chi connectivity index (χ3n) is 6.19. The number of carbonyl (C=O) groups excluding carboxylic acids is 2. The van der Waals surface area contributed by atoms with E-state index in [2.05, 4.69) is 9.88 Å². The van der Waals surface area contributed by atoms with Crippen molar-refractivity contribution in [3.8, 4) is 0 Å². The maximum atomic E-state index is 13.5. The summed E-state index contributed by atoms with van der Waals surface area (Å²) in [5.41, 5.74) is 2.53. The van der Waals surface area contributed by atoms with Crippen LogP contribution in [0.15, 0.2) is 66.7 Å². The Labute approximate surface area is 169 Å². The molecule has 5 heteroatoms. The molecule has 0 aliphatic carbocycles. The minimum atomic E-state index is -1.06. The van der Waals surface area contributed by atoms with E-state index < -0.39 is 17.4 Å². The number of carbonyl (C=O) groups is 2. The van der Waals surface area contributed by atoms with Gasteiger partial charge in [0.25, 0.3) is 0 Å². The minimum Gasteiger partial charge on any atom is -0.460 e. The average Bonchev–Trinajstić information content (AvgIpc) is 3.06. The van der Waals surface area contributed by atoms with Gasteiger partial charge in [-0.3, -0.25) is 14.9 Å². The van der Waals surface area contributed by atoms with E-state index in [0.717, 1.165) is 22.2 Å². The van der Waals surface area contributed by atoms with Crippen LogP contribution >= 0.6 is 0 Å². The molecule has 0 spiro atoms. The van der Waals surface area contributed by atoms with Crippen LogP contribution in [0.1, 0.15) is 34.6 Å². The lowest BCUT2D eigenvalue weighted by atomic mass is 9.72. The number of ketones is 1. The summed E-state index contributed by atoms with van der Waals surface area (Å²) in [6.45, 7) is 1.96. The first-order chi connectivity index (χ1) is 14.0. The van der Waals surface area contributed by atoms with Crippen LogP contribution in [0.25, 0.3) is 10.9 Å². The highest BCUT2D eigenvalue weighted by Crippen LogP contribution is 2.43. The number of nitrogens with one attached hydrogen (secondary N) is 1. The fourth-order valence-electron chi connectivity index (χ4n) is 4.56. The van der Waals surface area contributed by atoms with E-state index in [-0.39, 0.29) is 18.4 Å². The van der Waals surface area contributed by atoms with Crippen molar-refractivity contribution < 1.29 is 14.3 Å². The number of fused-ring (bicyclic) bond motifs is 6. The van der Waals surface area contributed by atoms with Crippen molar-refractivity contribution in [2.45, 2.75) is 25.6 Å². The van der Waals surface area contributed by atoms with Crippen molar-refractivity contribution in [3.63, 3.8) is 0 Å². The van der Waals surface area contributed by atoms with E-state index >= 15 is 0 Å². The molecular formula is C24H22N2O3. The van der Waals surface area contributed by atoms with Gasteiger partial charge < -0.3 is 9.30 Å². The van der Waals surface area contributed by atoms with Crippen molar-refractivity contribution in [1.29, 1.82) is 0 Å². The fourth-order valence-corrected chi connectivity index (χ4v) is 4.56. The highest BCUT2D eigenvalue weighted by Gasteiger charge is 2.52. The minimum absolute atomic E-state index is 0.0587. The number of ether oxygens (including phenoxy) is 1. The van der Waals surface area contributed by atoms with E-state index in [4.69, 9.17) is 4.74 Å². The first-order valence-electron chi connectivity index (χ1n) is 9.79. The van der Waals surface area contributed by atoms with Crippen LogP contribution in [0, 0.1) is 5.41 Å². The molecule has 0 saturated heterocycles. The second-order valence-corrected chi connectivity index (χ2v) is 7.98. The first-order valence-corrected chi connectivity index (χ1v) is 9.79. The molecule has 146 valence electrons. The number of aromatic nitrogens is 1. The molecule has 1 N–H and O–H groups in total. The number of nitrogens with zero attached hydrogens (tertiary/aromatic N) is 1. The molecule has 0 saturated carbocycles. The number of para-hydroxylation sites is 1. The maximum Gasteiger partial charge on any atom is 0.318 e. The smallest absolute Gasteiger partial charge is 0.318 e. The fraction of sp³-hybridized carbons (Fsp3) is 0.250. The lowest BCUT2D eigenvalue weighted by Gasteiger charge is -2.41. The Hall–Kier alpha value is -3.18. The summed E-state index contributed by atoms with van der Waals surface area (Å²) in [5.74, 6) is -0.456. The van der Waals surface area contributed by atoms with Gasteiger partial charge in [0.05, 0.1) is 23.3 Å². The normalized spacial score (nSPS) is 25.1. The standard InChI is InChI=1S/C24H22N2O3/c1-24(23(28)29-14-15-8-4-3-5-9-15)13-12-17-20-19(21(27)22(24)25-17)16-10-6-7-11-18(16)26(20)2/h3-13,17,22,25H,14H2,1-2H3.